The monoisotopic (exact) mass is 420 g/mol. The molecule has 5 rings (SSSR count). The second-order valence-electron chi connectivity index (χ2n) is 7.51. The molecule has 0 aliphatic carbocycles. The molecule has 0 spiro atoms. The van der Waals surface area contributed by atoms with Crippen molar-refractivity contribution in [3.05, 3.63) is 69.1 Å². The molecule has 4 aromatic rings. The Labute approximate surface area is 176 Å². The van der Waals surface area contributed by atoms with E-state index in [1.807, 2.05) is 14.1 Å². The number of nitrogens with one attached hydrogen (secondary N) is 1. The van der Waals surface area contributed by atoms with Crippen LogP contribution in [-0.2, 0) is 7.05 Å². The predicted octanol–water partition coefficient (Wildman–Crippen LogP) is 3.54. The third-order valence-corrected chi connectivity index (χ3v) is 5.91. The number of aryl methyl sites for hydroxylation is 1. The summed E-state index contributed by atoms with van der Waals surface area (Å²) in [7, 11) is 5.27. The number of nitrogens with zero attached hydrogens (tertiary/aromatic N) is 3. The first kappa shape index (κ1) is 18.4. The number of imide groups is 1. The number of imidazole rings is 1. The predicted molar refractivity (Wildman–Crippen MR) is 118 cm³/mol. The molecule has 8 heteroatoms. The average molecular weight is 421 g/mol. The fourth-order valence-corrected chi connectivity index (χ4v) is 4.29. The lowest BCUT2D eigenvalue weighted by atomic mass is 9.93. The van der Waals surface area contributed by atoms with Crippen LogP contribution in [0, 0.1) is 0 Å². The highest BCUT2D eigenvalue weighted by Crippen LogP contribution is 2.39. The van der Waals surface area contributed by atoms with E-state index in [0.29, 0.717) is 49.3 Å². The van der Waals surface area contributed by atoms with Gasteiger partial charge in [0.05, 0.1) is 22.4 Å². The number of amides is 2. The van der Waals surface area contributed by atoms with Gasteiger partial charge in [-0.3, -0.25) is 14.2 Å². The molecule has 1 N–H and O–H groups in total. The van der Waals surface area contributed by atoms with Crippen LogP contribution in [0.1, 0.15) is 20.7 Å². The zero-order valence-corrected chi connectivity index (χ0v) is 17.2. The van der Waals surface area contributed by atoms with E-state index in [-0.39, 0.29) is 5.69 Å². The van der Waals surface area contributed by atoms with E-state index in [0.717, 1.165) is 0 Å². The molecular formula is C22H17ClN4O3. The number of hydrogen-bond acceptors (Lipinski definition) is 4. The molecule has 1 aromatic heterocycles. The van der Waals surface area contributed by atoms with Crippen LogP contribution in [0.4, 0.5) is 11.4 Å². The van der Waals surface area contributed by atoms with E-state index in [2.05, 4.69) is 4.98 Å². The molecule has 1 aliphatic heterocycles. The van der Waals surface area contributed by atoms with Gasteiger partial charge < -0.3 is 9.88 Å². The number of carbonyl (C=O) groups is 2. The summed E-state index contributed by atoms with van der Waals surface area (Å²) < 4.78 is 1.45. The van der Waals surface area contributed by atoms with Gasteiger partial charge >= 0.3 is 5.69 Å². The van der Waals surface area contributed by atoms with Crippen LogP contribution in [0.5, 0.6) is 0 Å². The first-order chi connectivity index (χ1) is 14.3. The largest absolute Gasteiger partial charge is 0.376 e. The van der Waals surface area contributed by atoms with Crippen molar-refractivity contribution in [1.82, 2.24) is 9.55 Å². The fourth-order valence-electron chi connectivity index (χ4n) is 4.07. The van der Waals surface area contributed by atoms with E-state index in [4.69, 9.17) is 11.6 Å². The summed E-state index contributed by atoms with van der Waals surface area (Å²) in [6, 6.07) is 12.0. The first-order valence-corrected chi connectivity index (χ1v) is 9.67. The van der Waals surface area contributed by atoms with Gasteiger partial charge in [0, 0.05) is 48.1 Å². The van der Waals surface area contributed by atoms with Crippen LogP contribution >= 0.6 is 11.6 Å². The Hall–Kier alpha value is -3.58. The smallest absolute Gasteiger partial charge is 0.326 e. The number of halogens is 1. The summed E-state index contributed by atoms with van der Waals surface area (Å²) in [6.07, 6.45) is 0. The van der Waals surface area contributed by atoms with Crippen LogP contribution in [0.3, 0.4) is 0 Å². The Balaban J connectivity index is 1.82. The van der Waals surface area contributed by atoms with Crippen LogP contribution in [0.15, 0.2) is 47.3 Å². The molecule has 0 unspecified atom stereocenters. The molecule has 0 saturated heterocycles. The van der Waals surface area contributed by atoms with Gasteiger partial charge in [0.2, 0.25) is 0 Å². The van der Waals surface area contributed by atoms with Crippen molar-refractivity contribution in [2.24, 2.45) is 7.05 Å². The lowest BCUT2D eigenvalue weighted by Crippen LogP contribution is -2.41. The van der Waals surface area contributed by atoms with Crippen molar-refractivity contribution in [3.63, 3.8) is 0 Å². The molecule has 3 aromatic carbocycles. The normalized spacial score (nSPS) is 13.5. The maximum atomic E-state index is 13.5. The van der Waals surface area contributed by atoms with Crippen molar-refractivity contribution >= 4 is 56.6 Å². The minimum absolute atomic E-state index is 0.270. The number of benzene rings is 3. The van der Waals surface area contributed by atoms with Crippen molar-refractivity contribution in [2.45, 2.75) is 0 Å². The van der Waals surface area contributed by atoms with Crippen molar-refractivity contribution < 1.29 is 9.59 Å². The van der Waals surface area contributed by atoms with Gasteiger partial charge in [0.15, 0.2) is 0 Å². The van der Waals surface area contributed by atoms with Gasteiger partial charge in [-0.05, 0) is 30.3 Å². The summed E-state index contributed by atoms with van der Waals surface area (Å²) in [4.78, 5) is 44.9. The van der Waals surface area contributed by atoms with E-state index >= 15 is 0 Å². The highest BCUT2D eigenvalue weighted by Gasteiger charge is 2.36. The van der Waals surface area contributed by atoms with E-state index in [9.17, 15) is 14.4 Å². The lowest BCUT2D eigenvalue weighted by Gasteiger charge is -2.30. The Morgan fingerprint density at radius 1 is 0.967 bits per heavy atom. The summed E-state index contributed by atoms with van der Waals surface area (Å²) in [5.74, 6) is -0.855. The number of hydrogen-bond donors (Lipinski definition) is 1. The molecular weight excluding hydrogens is 404 g/mol. The molecule has 0 atom stereocenters. The summed E-state index contributed by atoms with van der Waals surface area (Å²) in [5, 5.41) is 1.73. The highest BCUT2D eigenvalue weighted by molar-refractivity contribution is 6.41. The molecule has 0 bridgehead atoms. The second kappa shape index (κ2) is 6.21. The number of aromatic amines is 1. The standard InChI is InChI=1S/C22H17ClN4O3/c1-25(2)17-9-15-16(26(3)22(30)24-15)10-18(17)27-20(28)12-6-4-5-11-14(23)8-7-13(19(11)12)21(27)29/h4-10H,1-3H3,(H,24,30). The minimum Gasteiger partial charge on any atom is -0.376 e. The van der Waals surface area contributed by atoms with E-state index < -0.39 is 11.8 Å². The van der Waals surface area contributed by atoms with E-state index in [1.54, 1.807) is 54.4 Å². The van der Waals surface area contributed by atoms with Crippen LogP contribution in [0.25, 0.3) is 21.8 Å². The van der Waals surface area contributed by atoms with Crippen LogP contribution < -0.4 is 15.5 Å². The third-order valence-electron chi connectivity index (χ3n) is 5.58. The Morgan fingerprint density at radius 2 is 1.67 bits per heavy atom. The van der Waals surface area contributed by atoms with Gasteiger partial charge in [0.25, 0.3) is 11.8 Å². The van der Waals surface area contributed by atoms with Gasteiger partial charge in [-0.15, -0.1) is 0 Å². The topological polar surface area (TPSA) is 78.4 Å². The summed E-state index contributed by atoms with van der Waals surface area (Å²) >= 11 is 6.30. The number of carbonyl (C=O) groups excluding carboxylic acids is 2. The quantitative estimate of drug-likeness (QED) is 0.503. The molecule has 2 amide bonds. The van der Waals surface area contributed by atoms with Gasteiger partial charge in [-0.1, -0.05) is 23.7 Å². The Morgan fingerprint density at radius 3 is 2.37 bits per heavy atom. The van der Waals surface area contributed by atoms with Crippen molar-refractivity contribution in [1.29, 1.82) is 0 Å². The lowest BCUT2D eigenvalue weighted by molar-refractivity contribution is 0.0893. The average Bonchev–Trinajstić information content (AvgIpc) is 3.00. The molecule has 1 aliphatic rings. The van der Waals surface area contributed by atoms with Crippen molar-refractivity contribution in [3.8, 4) is 0 Å². The third kappa shape index (κ3) is 2.35. The zero-order valence-electron chi connectivity index (χ0n) is 16.5. The number of H-pyrrole nitrogens is 1. The SMILES string of the molecule is CN(C)c1cc2[nH]c(=O)n(C)c2cc1N1C(=O)c2cccc3c(Cl)ccc(c23)C1=O. The Kier molecular flexibility index (Phi) is 3.82. The highest BCUT2D eigenvalue weighted by atomic mass is 35.5. The maximum absolute atomic E-state index is 13.5. The maximum Gasteiger partial charge on any atom is 0.326 e. The Bertz CT molecular complexity index is 1440. The van der Waals surface area contributed by atoms with E-state index in [1.165, 1.54) is 9.47 Å². The van der Waals surface area contributed by atoms with Gasteiger partial charge in [0.1, 0.15) is 0 Å². The number of aromatic nitrogens is 2. The number of anilines is 2. The second-order valence-corrected chi connectivity index (χ2v) is 7.92. The zero-order chi connectivity index (χ0) is 21.3. The molecule has 7 nitrogen and oxygen atoms in total. The summed E-state index contributed by atoms with van der Waals surface area (Å²) in [5.41, 5.74) is 2.83. The molecule has 30 heavy (non-hydrogen) atoms. The van der Waals surface area contributed by atoms with Crippen LogP contribution in [0.2, 0.25) is 5.02 Å². The molecule has 0 fully saturated rings. The minimum atomic E-state index is -0.427. The molecule has 150 valence electrons. The molecule has 2 heterocycles. The molecule has 0 saturated carbocycles. The first-order valence-electron chi connectivity index (χ1n) is 9.29. The number of rotatable bonds is 2. The van der Waals surface area contributed by atoms with Gasteiger partial charge in [-0.2, -0.15) is 0 Å². The number of fused-ring (bicyclic) bond motifs is 1. The van der Waals surface area contributed by atoms with Gasteiger partial charge in [-0.25, -0.2) is 9.69 Å². The fraction of sp³-hybridized carbons (Fsp3) is 0.136. The summed E-state index contributed by atoms with van der Waals surface area (Å²) in [6.45, 7) is 0. The van der Waals surface area contributed by atoms with Crippen LogP contribution in [-0.4, -0.2) is 35.5 Å². The van der Waals surface area contributed by atoms with Crippen molar-refractivity contribution in [2.75, 3.05) is 23.9 Å². The molecule has 0 radical (unpaired) electrons.